The van der Waals surface area contributed by atoms with Gasteiger partial charge in [-0.05, 0) is 29.1 Å². The molecule has 3 aromatic rings. The Bertz CT molecular complexity index is 897. The zero-order valence-electron chi connectivity index (χ0n) is 13.3. The first-order valence-corrected chi connectivity index (χ1v) is 9.19. The highest BCUT2D eigenvalue weighted by atomic mass is 35.5. The second-order valence-electron chi connectivity index (χ2n) is 6.03. The Morgan fingerprint density at radius 1 is 1.32 bits per heavy atom. The van der Waals surface area contributed by atoms with Crippen molar-refractivity contribution < 1.29 is 10.2 Å². The number of anilines is 1. The van der Waals surface area contributed by atoms with E-state index in [4.69, 9.17) is 11.6 Å². The number of β-amino-alcohol motifs (C(OH)–C–C–N with tert-alkyl or cyclic N) is 1. The lowest BCUT2D eigenvalue weighted by atomic mass is 10.1. The minimum atomic E-state index is -0.848. The fourth-order valence-electron chi connectivity index (χ4n) is 2.83. The van der Waals surface area contributed by atoms with Gasteiger partial charge in [-0.15, -0.1) is 11.3 Å². The van der Waals surface area contributed by atoms with Crippen molar-refractivity contribution >= 4 is 39.1 Å². The van der Waals surface area contributed by atoms with E-state index in [1.165, 1.54) is 11.3 Å². The Labute approximate surface area is 153 Å². The zero-order valence-corrected chi connectivity index (χ0v) is 14.8. The molecular weight excluding hydrogens is 360 g/mol. The maximum atomic E-state index is 10.6. The fourth-order valence-corrected chi connectivity index (χ4v) is 3.88. The number of aliphatic hydroxyl groups excluding tert-OH is 2. The molecule has 3 N–H and O–H groups in total. The van der Waals surface area contributed by atoms with Gasteiger partial charge < -0.3 is 15.5 Å². The summed E-state index contributed by atoms with van der Waals surface area (Å²) in [7, 11) is 0. The van der Waals surface area contributed by atoms with Gasteiger partial charge in [-0.3, -0.25) is 4.90 Å². The van der Waals surface area contributed by atoms with Gasteiger partial charge in [-0.1, -0.05) is 23.7 Å². The number of aromatic nitrogens is 2. The molecule has 0 aliphatic carbocycles. The van der Waals surface area contributed by atoms with Crippen LogP contribution in [0.25, 0.3) is 10.2 Å². The smallest absolute Gasteiger partial charge is 0.223 e. The van der Waals surface area contributed by atoms with Crippen molar-refractivity contribution in [1.29, 1.82) is 0 Å². The molecule has 1 saturated heterocycles. The number of aliphatic hydroxyl groups is 2. The predicted molar refractivity (Wildman–Crippen MR) is 98.7 cm³/mol. The van der Waals surface area contributed by atoms with Crippen molar-refractivity contribution in [3.63, 3.8) is 0 Å². The first-order valence-electron chi connectivity index (χ1n) is 7.94. The second kappa shape index (κ2) is 6.86. The van der Waals surface area contributed by atoms with Gasteiger partial charge in [0.05, 0.1) is 16.3 Å². The number of nitrogens with one attached hydrogen (secondary N) is 1. The number of benzene rings is 1. The Morgan fingerprint density at radius 3 is 2.92 bits per heavy atom. The second-order valence-corrected chi connectivity index (χ2v) is 7.38. The molecule has 4 rings (SSSR count). The van der Waals surface area contributed by atoms with Crippen LogP contribution in [0, 0.1) is 0 Å². The third kappa shape index (κ3) is 3.47. The summed E-state index contributed by atoms with van der Waals surface area (Å²) in [6, 6.07) is 9.49. The molecule has 1 unspecified atom stereocenters. The van der Waals surface area contributed by atoms with Crippen LogP contribution < -0.4 is 5.32 Å². The number of hydrogen-bond donors (Lipinski definition) is 3. The number of likely N-dealkylation sites (tertiary alicyclic amines) is 1. The highest BCUT2D eigenvalue weighted by Gasteiger charge is 2.32. The summed E-state index contributed by atoms with van der Waals surface area (Å²) in [5.74, 6) is 0.459. The Hall–Kier alpha value is -1.77. The summed E-state index contributed by atoms with van der Waals surface area (Å²) < 4.78 is 0.863. The molecule has 0 bridgehead atoms. The molecule has 1 fully saturated rings. The third-order valence-electron chi connectivity index (χ3n) is 4.15. The van der Waals surface area contributed by atoms with Gasteiger partial charge in [-0.2, -0.15) is 0 Å². The number of halogens is 1. The maximum absolute atomic E-state index is 10.6. The monoisotopic (exact) mass is 376 g/mol. The molecule has 1 aromatic carbocycles. The van der Waals surface area contributed by atoms with Gasteiger partial charge in [0.2, 0.25) is 5.95 Å². The fraction of sp³-hybridized carbons (Fsp3) is 0.294. The molecule has 0 saturated carbocycles. The van der Waals surface area contributed by atoms with E-state index in [1.54, 1.807) is 4.90 Å². The zero-order chi connectivity index (χ0) is 17.4. The van der Waals surface area contributed by atoms with E-state index in [0.717, 1.165) is 15.8 Å². The van der Waals surface area contributed by atoms with Crippen LogP contribution in [-0.2, 0) is 6.54 Å². The van der Waals surface area contributed by atoms with Crippen molar-refractivity contribution in [1.82, 2.24) is 14.9 Å². The van der Waals surface area contributed by atoms with Crippen LogP contribution in [0.15, 0.2) is 35.7 Å². The highest BCUT2D eigenvalue weighted by Crippen LogP contribution is 2.31. The highest BCUT2D eigenvalue weighted by molar-refractivity contribution is 7.17. The van der Waals surface area contributed by atoms with Crippen molar-refractivity contribution in [3.05, 3.63) is 52.0 Å². The van der Waals surface area contributed by atoms with Crippen LogP contribution in [0.1, 0.15) is 17.5 Å². The third-order valence-corrected chi connectivity index (χ3v) is 5.31. The van der Waals surface area contributed by atoms with E-state index in [-0.39, 0.29) is 6.10 Å². The van der Waals surface area contributed by atoms with Gasteiger partial charge in [0.15, 0.2) is 6.23 Å². The van der Waals surface area contributed by atoms with Crippen LogP contribution in [0.5, 0.6) is 0 Å². The van der Waals surface area contributed by atoms with Crippen molar-refractivity contribution in [2.75, 3.05) is 18.4 Å². The van der Waals surface area contributed by atoms with Crippen molar-refractivity contribution in [2.45, 2.75) is 18.9 Å². The lowest BCUT2D eigenvalue weighted by Crippen LogP contribution is -2.52. The van der Waals surface area contributed by atoms with E-state index < -0.39 is 6.23 Å². The molecule has 25 heavy (non-hydrogen) atoms. The maximum Gasteiger partial charge on any atom is 0.223 e. The van der Waals surface area contributed by atoms with E-state index in [2.05, 4.69) is 15.3 Å². The molecule has 8 heteroatoms. The average molecular weight is 377 g/mol. The molecule has 0 amide bonds. The summed E-state index contributed by atoms with van der Waals surface area (Å²) in [6.45, 7) is 1.43. The summed E-state index contributed by atoms with van der Waals surface area (Å²) in [5.41, 5.74) is 2.39. The molecule has 1 aliphatic heterocycles. The summed E-state index contributed by atoms with van der Waals surface area (Å²) in [6.07, 6.45) is -1.23. The predicted octanol–water partition coefficient (Wildman–Crippen LogP) is 2.62. The molecule has 2 aromatic heterocycles. The number of nitrogens with zero attached hydrogens (tertiary/aromatic N) is 3. The quantitative estimate of drug-likeness (QED) is 0.635. The van der Waals surface area contributed by atoms with Crippen molar-refractivity contribution in [2.24, 2.45) is 0 Å². The number of hydrogen-bond acceptors (Lipinski definition) is 7. The lowest BCUT2D eigenvalue weighted by Gasteiger charge is -2.38. The molecular formula is C17H17ClN4O2S. The van der Waals surface area contributed by atoms with E-state index in [9.17, 15) is 10.2 Å². The molecule has 0 radical (unpaired) electrons. The molecule has 1 atom stereocenters. The normalized spacial score (nSPS) is 16.8. The molecule has 0 spiro atoms. The van der Waals surface area contributed by atoms with Crippen LogP contribution in [0.2, 0.25) is 5.02 Å². The van der Waals surface area contributed by atoms with Gasteiger partial charge in [0, 0.05) is 24.7 Å². The summed E-state index contributed by atoms with van der Waals surface area (Å²) in [4.78, 5) is 10.8. The summed E-state index contributed by atoms with van der Waals surface area (Å²) >= 11 is 7.51. The van der Waals surface area contributed by atoms with Crippen LogP contribution >= 0.6 is 22.9 Å². The van der Waals surface area contributed by atoms with E-state index in [1.807, 2.05) is 35.7 Å². The largest absolute Gasteiger partial charge is 0.390 e. The van der Waals surface area contributed by atoms with Gasteiger partial charge in [0.25, 0.3) is 0 Å². The van der Waals surface area contributed by atoms with E-state index in [0.29, 0.717) is 36.3 Å². The molecule has 1 aliphatic rings. The molecule has 3 heterocycles. The van der Waals surface area contributed by atoms with Gasteiger partial charge in [0.1, 0.15) is 5.69 Å². The average Bonchev–Trinajstić information content (AvgIpc) is 3.04. The first kappa shape index (κ1) is 16.7. The molecule has 130 valence electrons. The first-order chi connectivity index (χ1) is 12.1. The van der Waals surface area contributed by atoms with Crippen LogP contribution in [0.3, 0.4) is 0 Å². The van der Waals surface area contributed by atoms with Crippen molar-refractivity contribution in [3.8, 4) is 0 Å². The van der Waals surface area contributed by atoms with Gasteiger partial charge in [-0.25, -0.2) is 9.97 Å². The van der Waals surface area contributed by atoms with Crippen LogP contribution in [-0.4, -0.2) is 44.3 Å². The minimum absolute atomic E-state index is 0.379. The Kier molecular flexibility index (Phi) is 4.58. The van der Waals surface area contributed by atoms with Gasteiger partial charge >= 0.3 is 0 Å². The standard InChI is InChI=1S/C17H17ClN4O2S/c18-11-3-1-2-10(6-11)7-19-17-20-13-4-5-25-15(13)14(21-17)16(24)22-8-12(23)9-22/h1-6,12,16,23-24H,7-9H2,(H,19,20,21). The summed E-state index contributed by atoms with van der Waals surface area (Å²) in [5, 5.41) is 25.9. The number of fused-ring (bicyclic) bond motifs is 1. The Balaban J connectivity index is 1.59. The minimum Gasteiger partial charge on any atom is -0.390 e. The number of rotatable bonds is 5. The SMILES string of the molecule is OC1CN(C(O)c2nc(NCc3cccc(Cl)c3)nc3ccsc23)C1. The number of thiophene rings is 1. The van der Waals surface area contributed by atoms with E-state index >= 15 is 0 Å². The van der Waals surface area contributed by atoms with Crippen LogP contribution in [0.4, 0.5) is 5.95 Å². The lowest BCUT2D eigenvalue weighted by molar-refractivity contribution is -0.102. The molecule has 6 nitrogen and oxygen atoms in total. The Morgan fingerprint density at radius 2 is 2.16 bits per heavy atom. The topological polar surface area (TPSA) is 81.5 Å².